The summed E-state index contributed by atoms with van der Waals surface area (Å²) >= 11 is 1.76. The van der Waals surface area contributed by atoms with Crippen molar-refractivity contribution >= 4 is 17.3 Å². The molecule has 0 aliphatic rings. The summed E-state index contributed by atoms with van der Waals surface area (Å²) in [7, 11) is 3.87. The summed E-state index contributed by atoms with van der Waals surface area (Å²) in [6, 6.07) is 8.45. The Morgan fingerprint density at radius 3 is 2.77 bits per heavy atom. The van der Waals surface area contributed by atoms with Gasteiger partial charge in [0.05, 0.1) is 6.54 Å². The molecule has 0 aliphatic heterocycles. The molecule has 5 heteroatoms. The Morgan fingerprint density at radius 1 is 1.36 bits per heavy atom. The highest BCUT2D eigenvalue weighted by Crippen LogP contribution is 2.13. The summed E-state index contributed by atoms with van der Waals surface area (Å²) in [4.78, 5) is 12.3. The first-order valence-corrected chi connectivity index (χ1v) is 8.35. The third kappa shape index (κ3) is 4.31. The van der Waals surface area contributed by atoms with E-state index in [1.807, 2.05) is 13.2 Å². The van der Waals surface area contributed by atoms with Gasteiger partial charge in [0.25, 0.3) is 0 Å². The van der Waals surface area contributed by atoms with Crippen LogP contribution >= 0.6 is 11.3 Å². The molecule has 0 unspecified atom stereocenters. The Hall–Kier alpha value is -1.88. The number of rotatable bonds is 5. The highest BCUT2D eigenvalue weighted by molar-refractivity contribution is 7.11. The fourth-order valence-electron chi connectivity index (χ4n) is 2.25. The van der Waals surface area contributed by atoms with Gasteiger partial charge in [-0.1, -0.05) is 31.2 Å². The van der Waals surface area contributed by atoms with Gasteiger partial charge >= 0.3 is 0 Å². The quantitative estimate of drug-likeness (QED) is 0.680. The van der Waals surface area contributed by atoms with Gasteiger partial charge in [0.1, 0.15) is 5.01 Å². The highest BCUT2D eigenvalue weighted by atomic mass is 32.1. The zero-order chi connectivity index (χ0) is 15.9. The van der Waals surface area contributed by atoms with Crippen molar-refractivity contribution in [3.05, 3.63) is 51.5 Å². The van der Waals surface area contributed by atoms with Gasteiger partial charge in [-0.15, -0.1) is 11.3 Å². The topological polar surface area (TPSA) is 40.5 Å². The zero-order valence-electron chi connectivity index (χ0n) is 13.8. The van der Waals surface area contributed by atoms with E-state index in [4.69, 9.17) is 0 Å². The van der Waals surface area contributed by atoms with Crippen molar-refractivity contribution in [2.24, 2.45) is 4.99 Å². The third-order valence-electron chi connectivity index (χ3n) is 3.59. The van der Waals surface area contributed by atoms with E-state index in [1.165, 1.54) is 16.0 Å². The number of nitrogens with zero attached hydrogens (tertiary/aromatic N) is 3. The molecule has 0 bridgehead atoms. The van der Waals surface area contributed by atoms with Crippen LogP contribution in [0, 0.1) is 6.92 Å². The molecule has 0 amide bonds. The fraction of sp³-hybridized carbons (Fsp3) is 0.412. The summed E-state index contributed by atoms with van der Waals surface area (Å²) in [6.07, 6.45) is 3.00. The molecule has 118 valence electrons. The zero-order valence-corrected chi connectivity index (χ0v) is 14.6. The predicted octanol–water partition coefficient (Wildman–Crippen LogP) is 3.22. The van der Waals surface area contributed by atoms with Crippen molar-refractivity contribution in [2.45, 2.75) is 33.4 Å². The van der Waals surface area contributed by atoms with Crippen LogP contribution in [-0.2, 0) is 19.5 Å². The second-order valence-corrected chi connectivity index (χ2v) is 6.46. The van der Waals surface area contributed by atoms with Crippen LogP contribution < -0.4 is 5.32 Å². The molecule has 0 saturated heterocycles. The minimum atomic E-state index is 0.718. The molecule has 1 aromatic heterocycles. The molecule has 22 heavy (non-hydrogen) atoms. The molecule has 0 radical (unpaired) electrons. The highest BCUT2D eigenvalue weighted by Gasteiger charge is 2.09. The number of hydrogen-bond donors (Lipinski definition) is 1. The van der Waals surface area contributed by atoms with E-state index in [-0.39, 0.29) is 0 Å². The SMILES string of the molecule is CCc1cnc(CNC(=NC)N(C)Cc2ccccc2C)s1. The Kier molecular flexibility index (Phi) is 5.95. The fourth-order valence-corrected chi connectivity index (χ4v) is 3.05. The number of nitrogens with one attached hydrogen (secondary N) is 1. The van der Waals surface area contributed by atoms with Crippen molar-refractivity contribution in [3.8, 4) is 0 Å². The van der Waals surface area contributed by atoms with Crippen molar-refractivity contribution in [1.29, 1.82) is 0 Å². The maximum atomic E-state index is 4.43. The van der Waals surface area contributed by atoms with E-state index in [9.17, 15) is 0 Å². The van der Waals surface area contributed by atoms with Gasteiger partial charge in [0.2, 0.25) is 0 Å². The Morgan fingerprint density at radius 2 is 2.14 bits per heavy atom. The average molecular weight is 316 g/mol. The Balaban J connectivity index is 1.94. The minimum absolute atomic E-state index is 0.718. The van der Waals surface area contributed by atoms with Crippen LogP contribution in [0.15, 0.2) is 35.5 Å². The van der Waals surface area contributed by atoms with Gasteiger partial charge < -0.3 is 10.2 Å². The van der Waals surface area contributed by atoms with E-state index < -0.39 is 0 Å². The third-order valence-corrected chi connectivity index (χ3v) is 4.73. The van der Waals surface area contributed by atoms with Gasteiger partial charge in [-0.3, -0.25) is 4.99 Å². The van der Waals surface area contributed by atoms with Crippen molar-refractivity contribution in [2.75, 3.05) is 14.1 Å². The second kappa shape index (κ2) is 7.94. The molecule has 0 atom stereocenters. The summed E-state index contributed by atoms with van der Waals surface area (Å²) < 4.78 is 0. The molecule has 0 aliphatic carbocycles. The number of thiazole rings is 1. The number of aryl methyl sites for hydroxylation is 2. The van der Waals surface area contributed by atoms with Crippen LogP contribution in [0.2, 0.25) is 0 Å². The minimum Gasteiger partial charge on any atom is -0.350 e. The van der Waals surface area contributed by atoms with E-state index in [0.29, 0.717) is 0 Å². The van der Waals surface area contributed by atoms with Gasteiger partial charge in [-0.05, 0) is 24.5 Å². The molecule has 1 aromatic carbocycles. The smallest absolute Gasteiger partial charge is 0.194 e. The van der Waals surface area contributed by atoms with E-state index >= 15 is 0 Å². The lowest BCUT2D eigenvalue weighted by molar-refractivity contribution is 0.475. The standard InChI is InChI=1S/C17H24N4S/c1-5-15-10-19-16(22-15)11-20-17(18-3)21(4)12-14-9-7-6-8-13(14)2/h6-10H,5,11-12H2,1-4H3,(H,18,20). The molecular weight excluding hydrogens is 292 g/mol. The second-order valence-electron chi connectivity index (χ2n) is 5.26. The molecule has 0 saturated carbocycles. The summed E-state index contributed by atoms with van der Waals surface area (Å²) in [5, 5.41) is 4.49. The van der Waals surface area contributed by atoms with Crippen molar-refractivity contribution < 1.29 is 0 Å². The maximum Gasteiger partial charge on any atom is 0.194 e. The number of guanidine groups is 1. The first-order chi connectivity index (χ1) is 10.6. The van der Waals surface area contributed by atoms with Crippen LogP contribution in [0.1, 0.15) is 27.9 Å². The Bertz CT molecular complexity index is 633. The predicted molar refractivity (Wildman–Crippen MR) is 94.3 cm³/mol. The number of benzene rings is 1. The first-order valence-electron chi connectivity index (χ1n) is 7.54. The first kappa shape index (κ1) is 16.5. The molecule has 2 aromatic rings. The van der Waals surface area contributed by atoms with Gasteiger partial charge in [0.15, 0.2) is 5.96 Å². The molecule has 0 spiro atoms. The molecule has 1 N–H and O–H groups in total. The van der Waals surface area contributed by atoms with Crippen LogP contribution in [0.3, 0.4) is 0 Å². The van der Waals surface area contributed by atoms with Crippen molar-refractivity contribution in [1.82, 2.24) is 15.2 Å². The van der Waals surface area contributed by atoms with Crippen LogP contribution in [-0.4, -0.2) is 29.9 Å². The number of hydrogen-bond acceptors (Lipinski definition) is 3. The number of aliphatic imine (C=N–C) groups is 1. The molecule has 2 rings (SSSR count). The van der Waals surface area contributed by atoms with E-state index in [1.54, 1.807) is 11.3 Å². The lowest BCUT2D eigenvalue weighted by Gasteiger charge is -2.22. The molecular formula is C17H24N4S. The molecule has 4 nitrogen and oxygen atoms in total. The van der Waals surface area contributed by atoms with E-state index in [2.05, 4.69) is 65.4 Å². The maximum absolute atomic E-state index is 4.43. The van der Waals surface area contributed by atoms with Gasteiger partial charge in [0, 0.05) is 31.7 Å². The molecule has 0 fully saturated rings. The lowest BCUT2D eigenvalue weighted by atomic mass is 10.1. The average Bonchev–Trinajstić information content (AvgIpc) is 2.98. The van der Waals surface area contributed by atoms with Crippen LogP contribution in [0.4, 0.5) is 0 Å². The summed E-state index contributed by atoms with van der Waals surface area (Å²) in [5.74, 6) is 0.886. The van der Waals surface area contributed by atoms with Gasteiger partial charge in [-0.25, -0.2) is 4.98 Å². The van der Waals surface area contributed by atoms with Crippen molar-refractivity contribution in [3.63, 3.8) is 0 Å². The summed E-state index contributed by atoms with van der Waals surface area (Å²) in [6.45, 7) is 5.85. The number of aromatic nitrogens is 1. The lowest BCUT2D eigenvalue weighted by Crippen LogP contribution is -2.38. The van der Waals surface area contributed by atoms with Gasteiger partial charge in [-0.2, -0.15) is 0 Å². The molecule has 1 heterocycles. The summed E-state index contributed by atoms with van der Waals surface area (Å²) in [5.41, 5.74) is 2.62. The largest absolute Gasteiger partial charge is 0.350 e. The van der Waals surface area contributed by atoms with Crippen LogP contribution in [0.25, 0.3) is 0 Å². The normalized spacial score (nSPS) is 11.5. The van der Waals surface area contributed by atoms with E-state index in [0.717, 1.165) is 30.5 Å². The Labute approximate surface area is 136 Å². The monoisotopic (exact) mass is 316 g/mol. The van der Waals surface area contributed by atoms with Crippen LogP contribution in [0.5, 0.6) is 0 Å².